The highest BCUT2D eigenvalue weighted by Crippen LogP contribution is 2.34. The zero-order valence-corrected chi connectivity index (χ0v) is 9.14. The topological polar surface area (TPSA) is 17.1 Å². The molecule has 1 unspecified atom stereocenters. The van der Waals surface area contributed by atoms with Crippen molar-refractivity contribution in [2.24, 2.45) is 0 Å². The first kappa shape index (κ1) is 9.78. The molecule has 0 spiro atoms. The Bertz CT molecular complexity index is 346. The van der Waals surface area contributed by atoms with Crippen molar-refractivity contribution in [3.63, 3.8) is 0 Å². The van der Waals surface area contributed by atoms with Crippen LogP contribution in [0.15, 0.2) is 29.2 Å². The van der Waals surface area contributed by atoms with Crippen molar-refractivity contribution in [3.05, 3.63) is 29.8 Å². The van der Waals surface area contributed by atoms with Crippen molar-refractivity contribution in [1.82, 2.24) is 0 Å². The second-order valence-electron chi connectivity index (χ2n) is 3.79. The summed E-state index contributed by atoms with van der Waals surface area (Å²) in [5.74, 6) is 0.427. The molecule has 1 aromatic rings. The molecule has 0 N–H and O–H groups in total. The number of hydrogen-bond donors (Lipinski definition) is 0. The Labute approximate surface area is 88.9 Å². The van der Waals surface area contributed by atoms with Crippen LogP contribution in [0.4, 0.5) is 0 Å². The average molecular weight is 206 g/mol. The molecule has 0 aliphatic heterocycles. The smallest absolute Gasteiger partial charge is 0.134 e. The van der Waals surface area contributed by atoms with Gasteiger partial charge in [-0.25, -0.2) is 0 Å². The maximum Gasteiger partial charge on any atom is 0.134 e. The normalized spacial score (nSPS) is 21.5. The maximum atomic E-state index is 11.1. The van der Waals surface area contributed by atoms with E-state index in [1.165, 1.54) is 10.5 Å². The van der Waals surface area contributed by atoms with E-state index in [2.05, 4.69) is 31.2 Å². The van der Waals surface area contributed by atoms with Gasteiger partial charge in [0.15, 0.2) is 0 Å². The zero-order valence-electron chi connectivity index (χ0n) is 8.32. The van der Waals surface area contributed by atoms with E-state index in [0.717, 1.165) is 19.3 Å². The summed E-state index contributed by atoms with van der Waals surface area (Å²) in [4.78, 5) is 12.4. The highest BCUT2D eigenvalue weighted by atomic mass is 32.2. The third-order valence-electron chi connectivity index (χ3n) is 2.59. The largest absolute Gasteiger partial charge is 0.300 e. The van der Waals surface area contributed by atoms with E-state index in [1.807, 2.05) is 11.8 Å². The summed E-state index contributed by atoms with van der Waals surface area (Å²) in [7, 11) is 0. The Morgan fingerprint density at radius 3 is 2.79 bits per heavy atom. The van der Waals surface area contributed by atoms with Crippen LogP contribution in [0.5, 0.6) is 0 Å². The monoisotopic (exact) mass is 206 g/mol. The zero-order chi connectivity index (χ0) is 9.97. The van der Waals surface area contributed by atoms with Crippen molar-refractivity contribution in [2.75, 3.05) is 0 Å². The number of rotatable bonds is 2. The minimum Gasteiger partial charge on any atom is -0.300 e. The fourth-order valence-electron chi connectivity index (χ4n) is 1.75. The standard InChI is InChI=1S/C12H14OS/c1-9-4-2-3-5-12(9)14-11-7-6-10(13)8-11/h2-5,11H,6-8H2,1H3. The summed E-state index contributed by atoms with van der Waals surface area (Å²) in [6.07, 6.45) is 2.60. The van der Waals surface area contributed by atoms with Crippen LogP contribution < -0.4 is 0 Å². The first-order valence-corrected chi connectivity index (χ1v) is 5.87. The van der Waals surface area contributed by atoms with E-state index < -0.39 is 0 Å². The van der Waals surface area contributed by atoms with Gasteiger partial charge in [0.05, 0.1) is 0 Å². The average Bonchev–Trinajstić information content (AvgIpc) is 2.56. The third kappa shape index (κ3) is 2.18. The molecule has 1 aliphatic carbocycles. The van der Waals surface area contributed by atoms with Gasteiger partial charge in [-0.1, -0.05) is 18.2 Å². The molecule has 14 heavy (non-hydrogen) atoms. The Morgan fingerprint density at radius 2 is 2.14 bits per heavy atom. The lowest BCUT2D eigenvalue weighted by molar-refractivity contribution is -0.117. The lowest BCUT2D eigenvalue weighted by atomic mass is 10.2. The Hall–Kier alpha value is -0.760. The molecule has 0 heterocycles. The van der Waals surface area contributed by atoms with Gasteiger partial charge in [-0.05, 0) is 25.0 Å². The fraction of sp³-hybridized carbons (Fsp3) is 0.417. The number of aryl methyl sites for hydroxylation is 1. The number of carbonyl (C=O) groups excluding carboxylic acids is 1. The van der Waals surface area contributed by atoms with Crippen LogP contribution >= 0.6 is 11.8 Å². The van der Waals surface area contributed by atoms with E-state index in [4.69, 9.17) is 0 Å². The molecule has 1 aromatic carbocycles. The van der Waals surface area contributed by atoms with Crippen molar-refractivity contribution in [2.45, 2.75) is 36.3 Å². The number of thioether (sulfide) groups is 1. The fourth-order valence-corrected chi connectivity index (χ4v) is 3.02. The molecule has 2 heteroatoms. The van der Waals surface area contributed by atoms with Gasteiger partial charge >= 0.3 is 0 Å². The van der Waals surface area contributed by atoms with Crippen LogP contribution in [0, 0.1) is 6.92 Å². The quantitative estimate of drug-likeness (QED) is 0.739. The molecular formula is C12H14OS. The number of hydrogen-bond acceptors (Lipinski definition) is 2. The summed E-state index contributed by atoms with van der Waals surface area (Å²) in [5.41, 5.74) is 1.32. The van der Waals surface area contributed by atoms with E-state index >= 15 is 0 Å². The van der Waals surface area contributed by atoms with Crippen LogP contribution in [0.2, 0.25) is 0 Å². The molecule has 0 radical (unpaired) electrons. The summed E-state index contributed by atoms with van der Waals surface area (Å²) in [6, 6.07) is 8.38. The lowest BCUT2D eigenvalue weighted by Gasteiger charge is -2.09. The molecule has 1 saturated carbocycles. The van der Waals surface area contributed by atoms with Crippen molar-refractivity contribution >= 4 is 17.5 Å². The number of benzene rings is 1. The van der Waals surface area contributed by atoms with E-state index in [-0.39, 0.29) is 0 Å². The van der Waals surface area contributed by atoms with Gasteiger partial charge in [0.2, 0.25) is 0 Å². The lowest BCUT2D eigenvalue weighted by Crippen LogP contribution is -1.96. The number of Topliss-reactive ketones (excluding diaryl/α,β-unsaturated/α-hetero) is 1. The highest BCUT2D eigenvalue weighted by Gasteiger charge is 2.23. The van der Waals surface area contributed by atoms with Gasteiger partial charge in [-0.15, -0.1) is 11.8 Å². The van der Waals surface area contributed by atoms with Crippen LogP contribution in [-0.4, -0.2) is 11.0 Å². The van der Waals surface area contributed by atoms with Gasteiger partial charge < -0.3 is 0 Å². The van der Waals surface area contributed by atoms with Crippen molar-refractivity contribution < 1.29 is 4.79 Å². The van der Waals surface area contributed by atoms with Crippen molar-refractivity contribution in [1.29, 1.82) is 0 Å². The molecule has 0 amide bonds. The maximum absolute atomic E-state index is 11.1. The van der Waals surface area contributed by atoms with Gasteiger partial charge in [0.1, 0.15) is 5.78 Å². The summed E-state index contributed by atoms with van der Waals surface area (Å²) in [6.45, 7) is 2.12. The van der Waals surface area contributed by atoms with Crippen LogP contribution in [0.25, 0.3) is 0 Å². The summed E-state index contributed by atoms with van der Waals surface area (Å²) < 4.78 is 0. The van der Waals surface area contributed by atoms with Crippen LogP contribution in [0.1, 0.15) is 24.8 Å². The minimum absolute atomic E-state index is 0.427. The SMILES string of the molecule is Cc1ccccc1SC1CCC(=O)C1. The molecular weight excluding hydrogens is 192 g/mol. The molecule has 0 aromatic heterocycles. The Morgan fingerprint density at radius 1 is 1.36 bits per heavy atom. The first-order chi connectivity index (χ1) is 6.75. The third-order valence-corrected chi connectivity index (χ3v) is 4.04. The number of ketones is 1. The molecule has 2 rings (SSSR count). The predicted octanol–water partition coefficient (Wildman–Crippen LogP) is 3.21. The van der Waals surface area contributed by atoms with Gasteiger partial charge in [-0.3, -0.25) is 4.79 Å². The number of carbonyl (C=O) groups is 1. The van der Waals surface area contributed by atoms with E-state index in [9.17, 15) is 4.79 Å². The second kappa shape index (κ2) is 4.18. The molecule has 0 saturated heterocycles. The van der Waals surface area contributed by atoms with E-state index in [0.29, 0.717) is 11.0 Å². The molecule has 0 bridgehead atoms. The Balaban J connectivity index is 2.04. The summed E-state index contributed by atoms with van der Waals surface area (Å²) >= 11 is 1.86. The van der Waals surface area contributed by atoms with Gasteiger partial charge in [-0.2, -0.15) is 0 Å². The van der Waals surface area contributed by atoms with Crippen LogP contribution in [-0.2, 0) is 4.79 Å². The molecule has 74 valence electrons. The molecule has 1 nitrogen and oxygen atoms in total. The van der Waals surface area contributed by atoms with Gasteiger partial charge in [0.25, 0.3) is 0 Å². The highest BCUT2D eigenvalue weighted by molar-refractivity contribution is 8.00. The van der Waals surface area contributed by atoms with Crippen LogP contribution in [0.3, 0.4) is 0 Å². The van der Waals surface area contributed by atoms with E-state index in [1.54, 1.807) is 0 Å². The molecule has 1 fully saturated rings. The first-order valence-electron chi connectivity index (χ1n) is 4.99. The van der Waals surface area contributed by atoms with Crippen molar-refractivity contribution in [3.8, 4) is 0 Å². The Kier molecular flexibility index (Phi) is 2.92. The predicted molar refractivity (Wildman–Crippen MR) is 59.7 cm³/mol. The summed E-state index contributed by atoms with van der Waals surface area (Å²) in [5, 5.41) is 0.517. The van der Waals surface area contributed by atoms with Gasteiger partial charge in [0, 0.05) is 23.0 Å². The molecule has 1 atom stereocenters. The minimum atomic E-state index is 0.427. The molecule has 1 aliphatic rings. The second-order valence-corrected chi connectivity index (χ2v) is 5.13.